The van der Waals surface area contributed by atoms with Gasteiger partial charge in [0, 0.05) is 71.2 Å². The molecule has 272 valence electrons. The summed E-state index contributed by atoms with van der Waals surface area (Å²) in [5, 5.41) is 15.6. The van der Waals surface area contributed by atoms with Gasteiger partial charge in [-0.1, -0.05) is 53.5 Å². The van der Waals surface area contributed by atoms with Crippen LogP contribution in [-0.2, 0) is 22.6 Å². The molecule has 10 rings (SSSR count). The van der Waals surface area contributed by atoms with Crippen molar-refractivity contribution in [3.05, 3.63) is 98.0 Å². The predicted octanol–water partition coefficient (Wildman–Crippen LogP) is 9.49. The molecule has 5 aliphatic rings. The lowest BCUT2D eigenvalue weighted by atomic mass is 9.79. The maximum atomic E-state index is 17.2. The molecule has 2 aromatic heterocycles. The minimum absolute atomic E-state index is 0.0620. The summed E-state index contributed by atoms with van der Waals surface area (Å²) in [5.41, 5.74) is 8.09. The summed E-state index contributed by atoms with van der Waals surface area (Å²) in [6, 6.07) is 18.3. The van der Waals surface area contributed by atoms with Gasteiger partial charge in [-0.15, -0.1) is 0 Å². The third-order valence-electron chi connectivity index (χ3n) is 12.4. The number of hydrogen-bond acceptors (Lipinski definition) is 5. The van der Waals surface area contributed by atoms with Gasteiger partial charge in [0.15, 0.2) is 5.82 Å². The molecule has 5 fully saturated rings. The number of fused-ring (bicyclic) bond motifs is 4. The minimum Gasteiger partial charge on any atom is -0.372 e. The van der Waals surface area contributed by atoms with Crippen LogP contribution in [0.2, 0.25) is 10.0 Å². The molecule has 5 atom stereocenters. The van der Waals surface area contributed by atoms with Crippen molar-refractivity contribution < 1.29 is 13.9 Å². The first-order valence-electron chi connectivity index (χ1n) is 18.8. The third kappa shape index (κ3) is 5.74. The number of carbonyl (C=O) groups excluding carboxylic acids is 1. The number of benzene rings is 3. The monoisotopic (exact) mass is 749 g/mol. The fourth-order valence-electron chi connectivity index (χ4n) is 9.38. The SMILES string of the molecule is Cc1cccc(C)c1COC1CC(c2cc3c(C)nc4c(F)c(-c5cccc(Cl)c5Cl)c(CCC#N)cc4c3n2C2C3CNC2C3)N(C(=O)C2CC2)C1. The van der Waals surface area contributed by atoms with E-state index in [-0.39, 0.29) is 53.0 Å². The first kappa shape index (κ1) is 34.7. The maximum absolute atomic E-state index is 17.2. The van der Waals surface area contributed by atoms with Crippen molar-refractivity contribution in [1.82, 2.24) is 19.8 Å². The fraction of sp³-hybridized carbons (Fsp3) is 0.419. The van der Waals surface area contributed by atoms with Crippen molar-refractivity contribution in [2.45, 2.75) is 90.1 Å². The van der Waals surface area contributed by atoms with Gasteiger partial charge in [-0.05, 0) is 92.8 Å². The number of halogens is 3. The van der Waals surface area contributed by atoms with E-state index < -0.39 is 5.82 Å². The number of nitrogens with one attached hydrogen (secondary N) is 1. The number of nitrogens with zero attached hydrogens (tertiary/aromatic N) is 4. The highest BCUT2D eigenvalue weighted by Crippen LogP contribution is 2.51. The van der Waals surface area contributed by atoms with Gasteiger partial charge in [-0.3, -0.25) is 4.79 Å². The smallest absolute Gasteiger partial charge is 0.226 e. The molecule has 10 heteroatoms. The Hall–Kier alpha value is -4.00. The summed E-state index contributed by atoms with van der Waals surface area (Å²) >= 11 is 13.1. The number of aryl methyl sites for hydroxylation is 4. The molecular weight excluding hydrogens is 708 g/mol. The molecule has 7 nitrogen and oxygen atoms in total. The average molecular weight is 751 g/mol. The largest absolute Gasteiger partial charge is 0.372 e. The van der Waals surface area contributed by atoms with Crippen molar-refractivity contribution in [2.24, 2.45) is 11.8 Å². The molecule has 2 saturated carbocycles. The molecule has 5 unspecified atom stereocenters. The topological polar surface area (TPSA) is 83.2 Å². The molecule has 2 aliphatic carbocycles. The van der Waals surface area contributed by atoms with Crippen LogP contribution in [0.4, 0.5) is 4.39 Å². The first-order valence-corrected chi connectivity index (χ1v) is 19.6. The zero-order chi connectivity index (χ0) is 36.7. The van der Waals surface area contributed by atoms with E-state index in [1.165, 1.54) is 16.7 Å². The summed E-state index contributed by atoms with van der Waals surface area (Å²) in [4.78, 5) is 21.1. The Balaban J connectivity index is 1.22. The van der Waals surface area contributed by atoms with Crippen molar-refractivity contribution in [2.75, 3.05) is 13.1 Å². The Morgan fingerprint density at radius 1 is 1.08 bits per heavy atom. The molecule has 3 aliphatic heterocycles. The van der Waals surface area contributed by atoms with E-state index in [4.69, 9.17) is 32.9 Å². The van der Waals surface area contributed by atoms with E-state index in [9.17, 15) is 10.1 Å². The maximum Gasteiger partial charge on any atom is 0.226 e. The minimum atomic E-state index is -0.472. The zero-order valence-corrected chi connectivity index (χ0v) is 31.7. The van der Waals surface area contributed by atoms with Crippen LogP contribution in [-0.4, -0.2) is 45.6 Å². The van der Waals surface area contributed by atoms with Gasteiger partial charge < -0.3 is 19.5 Å². The van der Waals surface area contributed by atoms with E-state index in [0.29, 0.717) is 59.0 Å². The summed E-state index contributed by atoms with van der Waals surface area (Å²) in [6.45, 7) is 8.14. The highest BCUT2D eigenvalue weighted by atomic mass is 35.5. The number of rotatable bonds is 9. The van der Waals surface area contributed by atoms with Crippen LogP contribution < -0.4 is 5.32 Å². The summed E-state index contributed by atoms with van der Waals surface area (Å²) in [5.74, 6) is 0.217. The Labute approximate surface area is 319 Å². The third-order valence-corrected chi connectivity index (χ3v) is 13.2. The Morgan fingerprint density at radius 3 is 2.55 bits per heavy atom. The van der Waals surface area contributed by atoms with E-state index in [0.717, 1.165) is 48.1 Å². The molecule has 5 aromatic rings. The van der Waals surface area contributed by atoms with Gasteiger partial charge in [0.05, 0.1) is 46.4 Å². The number of carbonyl (C=O) groups is 1. The lowest BCUT2D eigenvalue weighted by Crippen LogP contribution is -2.41. The molecule has 2 bridgehead atoms. The lowest BCUT2D eigenvalue weighted by molar-refractivity contribution is -0.134. The molecule has 53 heavy (non-hydrogen) atoms. The first-order chi connectivity index (χ1) is 25.6. The number of aromatic nitrogens is 2. The highest BCUT2D eigenvalue weighted by Gasteiger charge is 2.51. The van der Waals surface area contributed by atoms with Gasteiger partial charge in [0.25, 0.3) is 0 Å². The molecule has 0 radical (unpaired) electrons. The van der Waals surface area contributed by atoms with E-state index >= 15 is 4.39 Å². The normalized spacial score (nSPS) is 23.6. The molecule has 0 spiro atoms. The molecule has 5 heterocycles. The van der Waals surface area contributed by atoms with Crippen LogP contribution in [0.15, 0.2) is 48.5 Å². The molecule has 1 amide bonds. The number of likely N-dealkylation sites (tertiary alicyclic amines) is 1. The summed E-state index contributed by atoms with van der Waals surface area (Å²) in [6.07, 6.45) is 4.04. The standard InChI is InChI=1S/C43H42Cl2FN5O2/c1-22-7-4-8-23(2)32(22)21-53-28-17-35(50(20-28)43(52)25-12-13-25)36-18-30-24(3)49-40-31(42(30)51(36)41-27-16-34(41)48-19-27)15-26(9-6-14-47)37(39(40)46)29-10-5-11-33(44)38(29)45/h4-5,7-8,10-11,15,18,25,27-28,34-35,41,48H,6,9,12-13,16-17,19-21H2,1-3H3. The second-order valence-electron chi connectivity index (χ2n) is 15.6. The second-order valence-corrected chi connectivity index (χ2v) is 16.4. The van der Waals surface area contributed by atoms with Crippen molar-refractivity contribution in [3.63, 3.8) is 0 Å². The number of pyridine rings is 1. The quantitative estimate of drug-likeness (QED) is 0.162. The number of amides is 1. The number of nitriles is 1. The zero-order valence-electron chi connectivity index (χ0n) is 30.2. The second kappa shape index (κ2) is 13.4. The van der Waals surface area contributed by atoms with Gasteiger partial charge in [0.2, 0.25) is 5.91 Å². The highest BCUT2D eigenvalue weighted by molar-refractivity contribution is 6.43. The predicted molar refractivity (Wildman–Crippen MR) is 207 cm³/mol. The van der Waals surface area contributed by atoms with E-state index in [1.807, 2.05) is 13.0 Å². The molecule has 3 aromatic carbocycles. The van der Waals surface area contributed by atoms with Crippen molar-refractivity contribution in [1.29, 1.82) is 5.26 Å². The van der Waals surface area contributed by atoms with Gasteiger partial charge >= 0.3 is 0 Å². The van der Waals surface area contributed by atoms with Crippen molar-refractivity contribution >= 4 is 50.9 Å². The van der Waals surface area contributed by atoms with Crippen molar-refractivity contribution in [3.8, 4) is 17.2 Å². The Morgan fingerprint density at radius 2 is 1.85 bits per heavy atom. The number of hydrogen-bond donors (Lipinski definition) is 1. The van der Waals surface area contributed by atoms with E-state index in [2.05, 4.69) is 59.0 Å². The molecule has 1 N–H and O–H groups in total. The van der Waals surface area contributed by atoms with Crippen LogP contribution >= 0.6 is 23.2 Å². The average Bonchev–Trinajstić information content (AvgIpc) is 3.43. The lowest BCUT2D eigenvalue weighted by Gasteiger charge is -2.39. The van der Waals surface area contributed by atoms with Crippen LogP contribution in [0.25, 0.3) is 32.9 Å². The Bertz CT molecular complexity index is 2330. The Kier molecular flexibility index (Phi) is 8.78. The van der Waals surface area contributed by atoms with Gasteiger partial charge in [0.1, 0.15) is 5.52 Å². The van der Waals surface area contributed by atoms with Crippen LogP contribution in [0.3, 0.4) is 0 Å². The van der Waals surface area contributed by atoms with Crippen LogP contribution in [0.1, 0.15) is 77.8 Å². The summed E-state index contributed by atoms with van der Waals surface area (Å²) in [7, 11) is 0. The number of ether oxygens (including phenoxy) is 1. The van der Waals surface area contributed by atoms with E-state index in [1.54, 1.807) is 18.2 Å². The fourth-order valence-corrected chi connectivity index (χ4v) is 9.78. The molecule has 3 saturated heterocycles. The van der Waals surface area contributed by atoms with Gasteiger partial charge in [-0.2, -0.15) is 5.26 Å². The summed E-state index contributed by atoms with van der Waals surface area (Å²) < 4.78 is 26.3. The van der Waals surface area contributed by atoms with Crippen LogP contribution in [0, 0.1) is 49.8 Å². The van der Waals surface area contributed by atoms with Crippen LogP contribution in [0.5, 0.6) is 0 Å². The molecular formula is C43H42Cl2FN5O2. The van der Waals surface area contributed by atoms with Gasteiger partial charge in [-0.25, -0.2) is 9.37 Å².